The molecule has 0 fully saturated rings. The molecule has 15 aromatic rings. The summed E-state index contributed by atoms with van der Waals surface area (Å²) in [6.07, 6.45) is 0. The van der Waals surface area contributed by atoms with Gasteiger partial charge in [0.2, 0.25) is 0 Å². The van der Waals surface area contributed by atoms with Gasteiger partial charge in [0.05, 0.1) is 27.8 Å². The van der Waals surface area contributed by atoms with Crippen molar-refractivity contribution in [3.05, 3.63) is 224 Å². The molecule has 0 radical (unpaired) electrons. The minimum atomic E-state index is 0.590. The Morgan fingerprint density at radius 2 is 0.899 bits per heavy atom. The highest BCUT2D eigenvalue weighted by atomic mass is 16.3. The van der Waals surface area contributed by atoms with E-state index in [9.17, 15) is 0 Å². The van der Waals surface area contributed by atoms with Crippen LogP contribution >= 0.6 is 0 Å². The van der Waals surface area contributed by atoms with E-state index in [4.69, 9.17) is 19.4 Å². The fourth-order valence-electron chi connectivity index (χ4n) is 11.1. The summed E-state index contributed by atoms with van der Waals surface area (Å²) in [7, 11) is 0. The Kier molecular flexibility index (Phi) is 7.97. The zero-order valence-corrected chi connectivity index (χ0v) is 37.0. The van der Waals surface area contributed by atoms with E-state index in [0.29, 0.717) is 17.5 Å². The lowest BCUT2D eigenvalue weighted by molar-refractivity contribution is 0.670. The number of fused-ring (bicyclic) bond motifs is 14. The second-order valence-electron chi connectivity index (χ2n) is 17.9. The molecule has 0 saturated carbocycles. The summed E-state index contributed by atoms with van der Waals surface area (Å²) in [5.41, 5.74) is 10.9. The van der Waals surface area contributed by atoms with Crippen LogP contribution in [0, 0.1) is 0 Å². The molecule has 0 N–H and O–H groups in total. The van der Waals surface area contributed by atoms with Gasteiger partial charge in [-0.25, -0.2) is 15.0 Å². The Balaban J connectivity index is 1.00. The number of para-hydroxylation sites is 3. The predicted octanol–water partition coefficient (Wildman–Crippen LogP) is 16.4. The van der Waals surface area contributed by atoms with Crippen LogP contribution in [-0.4, -0.2) is 24.1 Å². The highest BCUT2D eigenvalue weighted by Crippen LogP contribution is 2.45. The van der Waals surface area contributed by atoms with E-state index >= 15 is 0 Å². The maximum Gasteiger partial charge on any atom is 0.164 e. The summed E-state index contributed by atoms with van der Waals surface area (Å²) < 4.78 is 12.0. The van der Waals surface area contributed by atoms with Crippen molar-refractivity contribution in [2.24, 2.45) is 0 Å². The molecule has 69 heavy (non-hydrogen) atoms. The van der Waals surface area contributed by atoms with E-state index in [1.165, 1.54) is 32.3 Å². The van der Waals surface area contributed by atoms with Gasteiger partial charge in [-0.15, -0.1) is 0 Å². The third kappa shape index (κ3) is 5.57. The summed E-state index contributed by atoms with van der Waals surface area (Å²) in [4.78, 5) is 16.1. The topological polar surface area (TPSA) is 61.7 Å². The largest absolute Gasteiger partial charge is 0.453 e. The second kappa shape index (κ2) is 14.6. The molecule has 15 rings (SSSR count). The minimum Gasteiger partial charge on any atom is -0.453 e. The van der Waals surface area contributed by atoms with Crippen molar-refractivity contribution in [2.45, 2.75) is 0 Å². The van der Waals surface area contributed by atoms with E-state index in [0.717, 1.165) is 93.6 Å². The number of hydrogen-bond acceptors (Lipinski definition) is 4. The Morgan fingerprint density at radius 1 is 0.304 bits per heavy atom. The molecular formula is C63H37N5O. The lowest BCUT2D eigenvalue weighted by atomic mass is 9.99. The van der Waals surface area contributed by atoms with Gasteiger partial charge in [-0.05, 0) is 81.5 Å². The highest BCUT2D eigenvalue weighted by Gasteiger charge is 2.24. The molecule has 0 unspecified atom stereocenters. The molecule has 6 heteroatoms. The molecule has 0 aliphatic rings. The smallest absolute Gasteiger partial charge is 0.164 e. The molecule has 0 spiro atoms. The zero-order chi connectivity index (χ0) is 45.2. The summed E-state index contributed by atoms with van der Waals surface area (Å²) >= 11 is 0. The van der Waals surface area contributed by atoms with Gasteiger partial charge in [-0.1, -0.05) is 170 Å². The van der Waals surface area contributed by atoms with Gasteiger partial charge in [-0.3, -0.25) is 0 Å². The first-order valence-electron chi connectivity index (χ1n) is 23.4. The number of aromatic nitrogens is 5. The van der Waals surface area contributed by atoms with Gasteiger partial charge in [0.25, 0.3) is 0 Å². The first kappa shape index (κ1) is 37.8. The Bertz CT molecular complexity index is 4600. The van der Waals surface area contributed by atoms with Crippen LogP contribution in [0.1, 0.15) is 0 Å². The summed E-state index contributed by atoms with van der Waals surface area (Å²) in [5, 5.41) is 13.5. The van der Waals surface area contributed by atoms with E-state index in [1.807, 2.05) is 18.2 Å². The molecule has 0 aliphatic heterocycles. The average molecular weight is 880 g/mol. The van der Waals surface area contributed by atoms with Crippen molar-refractivity contribution >= 4 is 97.9 Å². The Labute approximate surface area is 394 Å². The number of rotatable bonds is 5. The van der Waals surface area contributed by atoms with Crippen LogP contribution in [-0.2, 0) is 0 Å². The van der Waals surface area contributed by atoms with Gasteiger partial charge in [-0.2, -0.15) is 0 Å². The Hall–Kier alpha value is -9.39. The SMILES string of the molecule is c1ccc(-c2nc(-c3cc4c5cccc(-n6c7cc8ccccc8cc7c7c8ccccc8ccc76)c5oc4c4ccccc34)nc(-c3cccc4c3c3ccccc3n4-c3ccccc3)n2)cc1. The molecule has 4 heterocycles. The second-order valence-corrected chi connectivity index (χ2v) is 17.9. The fraction of sp³-hybridized carbons (Fsp3) is 0. The van der Waals surface area contributed by atoms with Crippen molar-refractivity contribution in [2.75, 3.05) is 0 Å². The lowest BCUT2D eigenvalue weighted by Gasteiger charge is -2.12. The molecule has 0 aliphatic carbocycles. The van der Waals surface area contributed by atoms with Crippen LogP contribution in [0.5, 0.6) is 0 Å². The monoisotopic (exact) mass is 879 g/mol. The molecule has 6 nitrogen and oxygen atoms in total. The number of nitrogens with zero attached hydrogens (tertiary/aromatic N) is 5. The molecule has 0 atom stereocenters. The van der Waals surface area contributed by atoms with E-state index in [-0.39, 0.29) is 0 Å². The quantitative estimate of drug-likeness (QED) is 0.173. The number of benzene rings is 11. The normalized spacial score (nSPS) is 12.1. The predicted molar refractivity (Wildman–Crippen MR) is 285 cm³/mol. The maximum absolute atomic E-state index is 7.22. The average Bonchev–Trinajstić information content (AvgIpc) is 4.08. The van der Waals surface area contributed by atoms with Gasteiger partial charge in [0.15, 0.2) is 23.1 Å². The van der Waals surface area contributed by atoms with Gasteiger partial charge < -0.3 is 13.6 Å². The van der Waals surface area contributed by atoms with Crippen LogP contribution in [0.2, 0.25) is 0 Å². The standard InChI is InChI=1S/C63H37N5O/c1-3-18-39(19-4-1)61-64-62(48-29-16-31-53-58(48)47-27-13-14-30-52(47)67(53)42-22-5-2-6-23-42)66-63(65-61)50-37-49-46-28-15-32-55(60(46)69-59(49)45-26-12-11-25-44(45)50)68-54-34-33-38-17-9-10-24-43(38)57(54)51-35-40-20-7-8-21-41(40)36-56(51)68/h1-37H. The molecule has 320 valence electrons. The third-order valence-electron chi connectivity index (χ3n) is 14.1. The summed E-state index contributed by atoms with van der Waals surface area (Å²) in [6, 6.07) is 79.5. The molecule has 0 bridgehead atoms. The first-order chi connectivity index (χ1) is 34.2. The molecule has 0 saturated heterocycles. The van der Waals surface area contributed by atoms with E-state index in [1.54, 1.807) is 0 Å². The third-order valence-corrected chi connectivity index (χ3v) is 14.1. The van der Waals surface area contributed by atoms with Crippen LogP contribution in [0.25, 0.3) is 143 Å². The summed E-state index contributed by atoms with van der Waals surface area (Å²) in [5.74, 6) is 1.80. The van der Waals surface area contributed by atoms with Crippen LogP contribution in [0.3, 0.4) is 0 Å². The lowest BCUT2D eigenvalue weighted by Crippen LogP contribution is -2.01. The Morgan fingerprint density at radius 3 is 1.72 bits per heavy atom. The van der Waals surface area contributed by atoms with E-state index < -0.39 is 0 Å². The van der Waals surface area contributed by atoms with Gasteiger partial charge in [0.1, 0.15) is 5.58 Å². The van der Waals surface area contributed by atoms with Crippen molar-refractivity contribution < 1.29 is 4.42 Å². The first-order valence-corrected chi connectivity index (χ1v) is 23.4. The van der Waals surface area contributed by atoms with Gasteiger partial charge >= 0.3 is 0 Å². The van der Waals surface area contributed by atoms with Gasteiger partial charge in [0, 0.05) is 60.1 Å². The minimum absolute atomic E-state index is 0.590. The van der Waals surface area contributed by atoms with Crippen molar-refractivity contribution in [3.63, 3.8) is 0 Å². The zero-order valence-electron chi connectivity index (χ0n) is 37.0. The van der Waals surface area contributed by atoms with Crippen molar-refractivity contribution in [1.29, 1.82) is 0 Å². The number of hydrogen-bond donors (Lipinski definition) is 0. The van der Waals surface area contributed by atoms with Crippen molar-refractivity contribution in [3.8, 4) is 45.5 Å². The molecule has 11 aromatic carbocycles. The molecule has 4 aromatic heterocycles. The molecular weight excluding hydrogens is 843 g/mol. The molecule has 0 amide bonds. The fourth-order valence-corrected chi connectivity index (χ4v) is 11.1. The highest BCUT2D eigenvalue weighted by molar-refractivity contribution is 6.25. The van der Waals surface area contributed by atoms with Crippen LogP contribution < -0.4 is 0 Å². The summed E-state index contributed by atoms with van der Waals surface area (Å²) in [6.45, 7) is 0. The van der Waals surface area contributed by atoms with E-state index in [2.05, 4.69) is 215 Å². The van der Waals surface area contributed by atoms with Crippen LogP contribution in [0.4, 0.5) is 0 Å². The number of furan rings is 1. The van der Waals surface area contributed by atoms with Crippen LogP contribution in [0.15, 0.2) is 229 Å². The maximum atomic E-state index is 7.22. The van der Waals surface area contributed by atoms with Crippen molar-refractivity contribution in [1.82, 2.24) is 24.1 Å².